The van der Waals surface area contributed by atoms with E-state index in [4.69, 9.17) is 0 Å². The van der Waals surface area contributed by atoms with Crippen molar-refractivity contribution in [2.45, 2.75) is 0 Å². The SMILES string of the molecule is Fc1ccc(F)cc1.S. The van der Waals surface area contributed by atoms with E-state index < -0.39 is 11.6 Å². The molecule has 0 radical (unpaired) electrons. The number of halogens is 2. The first-order valence-corrected chi connectivity index (χ1v) is 2.20. The Kier molecular flexibility index (Phi) is 3.24. The van der Waals surface area contributed by atoms with Crippen molar-refractivity contribution in [3.63, 3.8) is 0 Å². The van der Waals surface area contributed by atoms with E-state index in [1.165, 1.54) is 0 Å². The van der Waals surface area contributed by atoms with Crippen LogP contribution < -0.4 is 0 Å². The van der Waals surface area contributed by atoms with Gasteiger partial charge in [-0.05, 0) is 24.3 Å². The Hall–Kier alpha value is -0.570. The van der Waals surface area contributed by atoms with E-state index in [0.717, 1.165) is 24.3 Å². The summed E-state index contributed by atoms with van der Waals surface area (Å²) in [5.74, 6) is -0.821. The maximum Gasteiger partial charge on any atom is 0.123 e. The molecule has 0 atom stereocenters. The maximum atomic E-state index is 11.9. The zero-order chi connectivity index (χ0) is 5.98. The number of benzene rings is 1. The highest BCUT2D eigenvalue weighted by molar-refractivity contribution is 7.59. The van der Waals surface area contributed by atoms with Gasteiger partial charge in [-0.2, -0.15) is 13.5 Å². The van der Waals surface area contributed by atoms with Crippen LogP contribution in [0.25, 0.3) is 0 Å². The summed E-state index contributed by atoms with van der Waals surface area (Å²) in [7, 11) is 0. The molecule has 0 aliphatic heterocycles. The first-order valence-electron chi connectivity index (χ1n) is 2.20. The van der Waals surface area contributed by atoms with Crippen LogP contribution >= 0.6 is 13.5 Å². The zero-order valence-corrected chi connectivity index (χ0v) is 5.57. The molecule has 1 aromatic carbocycles. The molecule has 0 unspecified atom stereocenters. The van der Waals surface area contributed by atoms with Gasteiger partial charge in [0.15, 0.2) is 0 Å². The molecule has 3 heteroatoms. The van der Waals surface area contributed by atoms with Gasteiger partial charge in [0.25, 0.3) is 0 Å². The lowest BCUT2D eigenvalue weighted by atomic mass is 10.3. The molecule has 0 fully saturated rings. The number of rotatable bonds is 0. The molecule has 0 saturated carbocycles. The molecule has 0 N–H and O–H groups in total. The first kappa shape index (κ1) is 8.43. The van der Waals surface area contributed by atoms with Crippen molar-refractivity contribution in [3.8, 4) is 0 Å². The van der Waals surface area contributed by atoms with Crippen molar-refractivity contribution < 1.29 is 8.78 Å². The van der Waals surface area contributed by atoms with Crippen LogP contribution in [0.5, 0.6) is 0 Å². The fraction of sp³-hybridized carbons (Fsp3) is 0. The summed E-state index contributed by atoms with van der Waals surface area (Å²) in [6.45, 7) is 0. The van der Waals surface area contributed by atoms with Gasteiger partial charge in [0.2, 0.25) is 0 Å². The Labute approximate surface area is 59.0 Å². The second kappa shape index (κ2) is 3.45. The average molecular weight is 148 g/mol. The van der Waals surface area contributed by atoms with E-state index in [0.29, 0.717) is 0 Å². The third-order valence-corrected chi connectivity index (χ3v) is 0.804. The smallest absolute Gasteiger partial charge is 0.123 e. The Morgan fingerprint density at radius 1 is 0.778 bits per heavy atom. The maximum absolute atomic E-state index is 11.9. The summed E-state index contributed by atoms with van der Waals surface area (Å²) in [6, 6.07) is 4.31. The predicted molar refractivity (Wildman–Crippen MR) is 36.7 cm³/mol. The van der Waals surface area contributed by atoms with E-state index in [9.17, 15) is 8.78 Å². The summed E-state index contributed by atoms with van der Waals surface area (Å²) in [4.78, 5) is 0. The second-order valence-electron chi connectivity index (χ2n) is 1.44. The van der Waals surface area contributed by atoms with Crippen LogP contribution in [0.1, 0.15) is 0 Å². The molecule has 0 bridgehead atoms. The molecular weight excluding hydrogens is 142 g/mol. The molecule has 0 nitrogen and oxygen atoms in total. The van der Waals surface area contributed by atoms with Crippen LogP contribution in [0, 0.1) is 11.6 Å². The lowest BCUT2D eigenvalue weighted by Gasteiger charge is -1.83. The topological polar surface area (TPSA) is 0 Å². The minimum atomic E-state index is -0.411. The fourth-order valence-corrected chi connectivity index (χ4v) is 0.430. The van der Waals surface area contributed by atoms with Crippen LogP contribution in [-0.4, -0.2) is 0 Å². The Morgan fingerprint density at radius 3 is 1.22 bits per heavy atom. The van der Waals surface area contributed by atoms with Crippen LogP contribution in [-0.2, 0) is 0 Å². The number of hydrogen-bond acceptors (Lipinski definition) is 0. The molecule has 9 heavy (non-hydrogen) atoms. The molecule has 0 saturated heterocycles. The molecule has 1 aromatic rings. The highest BCUT2D eigenvalue weighted by Gasteiger charge is 1.86. The first-order chi connectivity index (χ1) is 3.79. The normalized spacial score (nSPS) is 8.22. The minimum absolute atomic E-state index is 0. The van der Waals surface area contributed by atoms with Gasteiger partial charge in [-0.15, -0.1) is 0 Å². The molecule has 0 amide bonds. The highest BCUT2D eigenvalue weighted by Crippen LogP contribution is 1.98. The lowest BCUT2D eigenvalue weighted by Crippen LogP contribution is -1.72. The minimum Gasteiger partial charge on any atom is -0.207 e. The van der Waals surface area contributed by atoms with Crippen molar-refractivity contribution in [3.05, 3.63) is 35.9 Å². The lowest BCUT2D eigenvalue weighted by molar-refractivity contribution is 0.600. The van der Waals surface area contributed by atoms with Gasteiger partial charge in [0.05, 0.1) is 0 Å². The van der Waals surface area contributed by atoms with E-state index in [-0.39, 0.29) is 13.5 Å². The standard InChI is InChI=1S/C6H4F2.H2S/c7-5-1-2-6(8)4-3-5;/h1-4H;1H2. The molecule has 0 aromatic heterocycles. The summed E-state index contributed by atoms with van der Waals surface area (Å²) in [5.41, 5.74) is 0. The van der Waals surface area contributed by atoms with Crippen LogP contribution in [0.2, 0.25) is 0 Å². The Morgan fingerprint density at radius 2 is 1.00 bits per heavy atom. The van der Waals surface area contributed by atoms with E-state index >= 15 is 0 Å². The molecule has 50 valence electrons. The van der Waals surface area contributed by atoms with Crippen molar-refractivity contribution in [1.82, 2.24) is 0 Å². The van der Waals surface area contributed by atoms with Gasteiger partial charge < -0.3 is 0 Å². The molecular formula is C6H6F2S. The second-order valence-corrected chi connectivity index (χ2v) is 1.44. The number of hydrogen-bond donors (Lipinski definition) is 0. The van der Waals surface area contributed by atoms with Gasteiger partial charge in [-0.3, -0.25) is 0 Å². The molecule has 1 rings (SSSR count). The Bertz CT molecular complexity index is 150. The summed E-state index contributed by atoms with van der Waals surface area (Å²) >= 11 is 0. The quantitative estimate of drug-likeness (QED) is 0.528. The van der Waals surface area contributed by atoms with E-state index in [1.54, 1.807) is 0 Å². The fourth-order valence-electron chi connectivity index (χ4n) is 0.430. The van der Waals surface area contributed by atoms with Crippen molar-refractivity contribution >= 4 is 13.5 Å². The van der Waals surface area contributed by atoms with E-state index in [1.807, 2.05) is 0 Å². The van der Waals surface area contributed by atoms with Gasteiger partial charge in [-0.25, -0.2) is 8.78 Å². The van der Waals surface area contributed by atoms with Gasteiger partial charge >= 0.3 is 0 Å². The van der Waals surface area contributed by atoms with Crippen LogP contribution in [0.3, 0.4) is 0 Å². The van der Waals surface area contributed by atoms with Crippen molar-refractivity contribution in [2.24, 2.45) is 0 Å². The Balaban J connectivity index is 0.000000640. The van der Waals surface area contributed by atoms with E-state index in [2.05, 4.69) is 0 Å². The summed E-state index contributed by atoms with van der Waals surface area (Å²) in [6.07, 6.45) is 0. The van der Waals surface area contributed by atoms with Gasteiger partial charge in [0, 0.05) is 0 Å². The van der Waals surface area contributed by atoms with Gasteiger partial charge in [-0.1, -0.05) is 0 Å². The zero-order valence-electron chi connectivity index (χ0n) is 4.57. The third kappa shape index (κ3) is 2.46. The van der Waals surface area contributed by atoms with Gasteiger partial charge in [0.1, 0.15) is 11.6 Å². The molecule has 0 spiro atoms. The molecule has 0 aliphatic rings. The largest absolute Gasteiger partial charge is 0.207 e. The third-order valence-electron chi connectivity index (χ3n) is 0.804. The van der Waals surface area contributed by atoms with Crippen LogP contribution in [0.4, 0.5) is 8.78 Å². The predicted octanol–water partition coefficient (Wildman–Crippen LogP) is 2.08. The van der Waals surface area contributed by atoms with Crippen molar-refractivity contribution in [1.29, 1.82) is 0 Å². The van der Waals surface area contributed by atoms with Crippen molar-refractivity contribution in [2.75, 3.05) is 0 Å². The molecule has 0 heterocycles. The summed E-state index contributed by atoms with van der Waals surface area (Å²) in [5, 5.41) is 0. The average Bonchev–Trinajstić information content (AvgIpc) is 1.77. The highest BCUT2D eigenvalue weighted by atomic mass is 32.1. The summed E-state index contributed by atoms with van der Waals surface area (Å²) < 4.78 is 23.8. The molecule has 0 aliphatic carbocycles. The van der Waals surface area contributed by atoms with Crippen LogP contribution in [0.15, 0.2) is 24.3 Å². The monoisotopic (exact) mass is 148 g/mol.